The summed E-state index contributed by atoms with van der Waals surface area (Å²) in [4.78, 5) is 10.4. The number of hydrogen-bond donors (Lipinski definition) is 1. The topological polar surface area (TPSA) is 37.3 Å². The van der Waals surface area contributed by atoms with Gasteiger partial charge in [-0.2, -0.15) is 0 Å². The highest BCUT2D eigenvalue weighted by atomic mass is 16.4. The van der Waals surface area contributed by atoms with Crippen molar-refractivity contribution in [1.82, 2.24) is 0 Å². The van der Waals surface area contributed by atoms with Crippen LogP contribution in [-0.4, -0.2) is 11.1 Å². The van der Waals surface area contributed by atoms with Gasteiger partial charge in [-0.3, -0.25) is 4.79 Å². The molecule has 0 aliphatic heterocycles. The molecule has 0 aromatic carbocycles. The molecule has 1 N–H and O–H groups in total. The molecule has 0 aliphatic rings. The van der Waals surface area contributed by atoms with Crippen molar-refractivity contribution in [2.24, 2.45) is 0 Å². The Labute approximate surface area is 79.3 Å². The summed E-state index contributed by atoms with van der Waals surface area (Å²) >= 11 is 0. The highest BCUT2D eigenvalue weighted by Gasteiger charge is 1.98. The van der Waals surface area contributed by atoms with Crippen molar-refractivity contribution in [2.75, 3.05) is 0 Å². The summed E-state index contributed by atoms with van der Waals surface area (Å²) in [5.41, 5.74) is 0.819. The van der Waals surface area contributed by atoms with E-state index < -0.39 is 5.97 Å². The lowest BCUT2D eigenvalue weighted by Crippen LogP contribution is -1.95. The van der Waals surface area contributed by atoms with Gasteiger partial charge in [0.15, 0.2) is 0 Å². The van der Waals surface area contributed by atoms with Gasteiger partial charge in [0.05, 0.1) is 6.42 Å². The van der Waals surface area contributed by atoms with Gasteiger partial charge in [-0.15, -0.1) is 0 Å². The van der Waals surface area contributed by atoms with Crippen LogP contribution in [0.5, 0.6) is 0 Å². The largest absolute Gasteiger partial charge is 0.481 e. The highest BCUT2D eigenvalue weighted by molar-refractivity contribution is 5.71. The van der Waals surface area contributed by atoms with Crippen LogP contribution in [0.4, 0.5) is 0 Å². The lowest BCUT2D eigenvalue weighted by Gasteiger charge is -1.94. The highest BCUT2D eigenvalue weighted by Crippen LogP contribution is 2.04. The van der Waals surface area contributed by atoms with Crippen LogP contribution in [0.2, 0.25) is 0 Å². The summed E-state index contributed by atoms with van der Waals surface area (Å²) < 4.78 is 0. The fourth-order valence-electron chi connectivity index (χ4n) is 0.890. The van der Waals surface area contributed by atoms with Crippen LogP contribution in [0, 0.1) is 0 Å². The molecule has 0 spiro atoms. The maximum absolute atomic E-state index is 10.4. The molecule has 2 heteroatoms. The van der Waals surface area contributed by atoms with E-state index in [0.29, 0.717) is 0 Å². The minimum absolute atomic E-state index is 0.0817. The van der Waals surface area contributed by atoms with Crippen molar-refractivity contribution in [3.05, 3.63) is 36.0 Å². The van der Waals surface area contributed by atoms with Crippen LogP contribution < -0.4 is 0 Å². The number of allylic oxidation sites excluding steroid dienone is 5. The molecule has 0 amide bonds. The van der Waals surface area contributed by atoms with E-state index in [1.165, 1.54) is 0 Å². The molecule has 0 atom stereocenters. The summed E-state index contributed by atoms with van der Waals surface area (Å²) in [6.07, 6.45) is 10.4. The van der Waals surface area contributed by atoms with E-state index in [9.17, 15) is 4.79 Å². The van der Waals surface area contributed by atoms with Crippen LogP contribution in [-0.2, 0) is 4.79 Å². The minimum Gasteiger partial charge on any atom is -0.481 e. The molecule has 0 saturated carbocycles. The molecular weight excluding hydrogens is 164 g/mol. The first kappa shape index (κ1) is 11.7. The minimum atomic E-state index is -0.797. The van der Waals surface area contributed by atoms with Crippen molar-refractivity contribution in [2.45, 2.75) is 26.7 Å². The normalized spacial score (nSPS) is 12.9. The van der Waals surface area contributed by atoms with Gasteiger partial charge < -0.3 is 5.11 Å². The van der Waals surface area contributed by atoms with Crippen molar-refractivity contribution in [3.8, 4) is 0 Å². The number of hydrogen-bond acceptors (Lipinski definition) is 1. The zero-order valence-corrected chi connectivity index (χ0v) is 8.16. The SMILES string of the molecule is C\C=C/C(=C\C=C/CC)CC(=O)O. The molecule has 13 heavy (non-hydrogen) atoms. The van der Waals surface area contributed by atoms with Gasteiger partial charge in [0.25, 0.3) is 0 Å². The van der Waals surface area contributed by atoms with E-state index in [1.807, 2.05) is 44.2 Å². The third-order valence-electron chi connectivity index (χ3n) is 1.42. The Morgan fingerprint density at radius 2 is 2.15 bits per heavy atom. The molecule has 0 unspecified atom stereocenters. The van der Waals surface area contributed by atoms with E-state index in [2.05, 4.69) is 0 Å². The molecule has 0 aromatic rings. The number of aliphatic carboxylic acids is 1. The quantitative estimate of drug-likeness (QED) is 0.660. The predicted octanol–water partition coefficient (Wildman–Crippen LogP) is 2.93. The maximum Gasteiger partial charge on any atom is 0.307 e. The fourth-order valence-corrected chi connectivity index (χ4v) is 0.890. The Balaban J connectivity index is 4.31. The fraction of sp³-hybridized carbons (Fsp3) is 0.364. The Bertz CT molecular complexity index is 234. The monoisotopic (exact) mass is 180 g/mol. The van der Waals surface area contributed by atoms with Crippen LogP contribution >= 0.6 is 0 Å². The molecule has 0 radical (unpaired) electrons. The van der Waals surface area contributed by atoms with Gasteiger partial charge in [0.2, 0.25) is 0 Å². The van der Waals surface area contributed by atoms with E-state index >= 15 is 0 Å². The van der Waals surface area contributed by atoms with Gasteiger partial charge >= 0.3 is 5.97 Å². The smallest absolute Gasteiger partial charge is 0.307 e. The molecule has 0 saturated heterocycles. The molecular formula is C11H16O2. The maximum atomic E-state index is 10.4. The predicted molar refractivity (Wildman–Crippen MR) is 54.6 cm³/mol. The number of carboxylic acids is 1. The van der Waals surface area contributed by atoms with Crippen molar-refractivity contribution in [1.29, 1.82) is 0 Å². The molecule has 0 aliphatic carbocycles. The third kappa shape index (κ3) is 7.06. The molecule has 0 bridgehead atoms. The Morgan fingerprint density at radius 1 is 1.46 bits per heavy atom. The number of carboxylic acid groups (broad SMARTS) is 1. The second kappa shape index (κ2) is 7.35. The molecule has 0 rings (SSSR count). The van der Waals surface area contributed by atoms with E-state index in [0.717, 1.165) is 12.0 Å². The molecule has 72 valence electrons. The molecule has 0 fully saturated rings. The summed E-state index contributed by atoms with van der Waals surface area (Å²) in [7, 11) is 0. The van der Waals surface area contributed by atoms with Crippen molar-refractivity contribution < 1.29 is 9.90 Å². The van der Waals surface area contributed by atoms with Gasteiger partial charge in [0.1, 0.15) is 0 Å². The van der Waals surface area contributed by atoms with Crippen molar-refractivity contribution >= 4 is 5.97 Å². The Kier molecular flexibility index (Phi) is 6.60. The zero-order valence-electron chi connectivity index (χ0n) is 8.16. The van der Waals surface area contributed by atoms with Gasteiger partial charge in [-0.25, -0.2) is 0 Å². The van der Waals surface area contributed by atoms with Crippen LogP contribution in [0.3, 0.4) is 0 Å². The first-order chi connectivity index (χ1) is 6.20. The van der Waals surface area contributed by atoms with Gasteiger partial charge in [-0.1, -0.05) is 37.3 Å². The second-order valence-corrected chi connectivity index (χ2v) is 2.65. The van der Waals surface area contributed by atoms with E-state index in [4.69, 9.17) is 5.11 Å². The average Bonchev–Trinajstić information content (AvgIpc) is 2.04. The standard InChI is InChI=1S/C11H16O2/c1-3-5-6-8-10(7-4-2)9-11(12)13/h4-8H,3,9H2,1-2H3,(H,12,13)/b6-5-,7-4-,10-8+. The van der Waals surface area contributed by atoms with Gasteiger partial charge in [-0.05, 0) is 18.9 Å². The summed E-state index contributed by atoms with van der Waals surface area (Å²) in [6, 6.07) is 0. The number of carbonyl (C=O) groups is 1. The molecule has 0 aromatic heterocycles. The second-order valence-electron chi connectivity index (χ2n) is 2.65. The summed E-state index contributed by atoms with van der Waals surface area (Å²) in [6.45, 7) is 3.91. The lowest BCUT2D eigenvalue weighted by atomic mass is 10.1. The van der Waals surface area contributed by atoms with Crippen LogP contribution in [0.1, 0.15) is 26.7 Å². The number of rotatable bonds is 5. The first-order valence-corrected chi connectivity index (χ1v) is 4.40. The summed E-state index contributed by atoms with van der Waals surface area (Å²) in [5, 5.41) is 8.57. The van der Waals surface area contributed by atoms with E-state index in [-0.39, 0.29) is 6.42 Å². The van der Waals surface area contributed by atoms with Crippen LogP contribution in [0.25, 0.3) is 0 Å². The van der Waals surface area contributed by atoms with Crippen molar-refractivity contribution in [3.63, 3.8) is 0 Å². The first-order valence-electron chi connectivity index (χ1n) is 4.40. The lowest BCUT2D eigenvalue weighted by molar-refractivity contribution is -0.136. The molecule has 2 nitrogen and oxygen atoms in total. The summed E-state index contributed by atoms with van der Waals surface area (Å²) in [5.74, 6) is -0.797. The Hall–Kier alpha value is -1.31. The zero-order chi connectivity index (χ0) is 10.1. The van der Waals surface area contributed by atoms with Crippen LogP contribution in [0.15, 0.2) is 36.0 Å². The average molecular weight is 180 g/mol. The molecule has 0 heterocycles. The Morgan fingerprint density at radius 3 is 2.62 bits per heavy atom. The van der Waals surface area contributed by atoms with Gasteiger partial charge in [0, 0.05) is 0 Å². The third-order valence-corrected chi connectivity index (χ3v) is 1.42. The van der Waals surface area contributed by atoms with E-state index in [1.54, 1.807) is 0 Å².